The molecule has 0 spiro atoms. The molecule has 0 aliphatic rings. The van der Waals surface area contributed by atoms with E-state index in [1.807, 2.05) is 13.8 Å². The lowest BCUT2D eigenvalue weighted by atomic mass is 10.00. The third kappa shape index (κ3) is 11.3. The topological polar surface area (TPSA) is 60.4 Å². The van der Waals surface area contributed by atoms with Crippen molar-refractivity contribution >= 4 is 5.97 Å². The number of benzene rings is 1. The van der Waals surface area contributed by atoms with Gasteiger partial charge in [0.15, 0.2) is 0 Å². The lowest BCUT2D eigenvalue weighted by Crippen LogP contribution is -2.44. The quantitative estimate of drug-likeness (QED) is 0.647. The number of hydrogen-bond acceptors (Lipinski definition) is 3. The Labute approximate surface area is 160 Å². The molecule has 4 heteroatoms. The van der Waals surface area contributed by atoms with Gasteiger partial charge in [-0.2, -0.15) is 0 Å². The number of quaternary nitrogens is 1. The minimum atomic E-state index is -0.893. The molecule has 1 N–H and O–H groups in total. The molecule has 0 saturated heterocycles. The number of aryl methyl sites for hydroxylation is 1. The molecule has 1 rings (SSSR count). The number of carboxylic acids is 1. The van der Waals surface area contributed by atoms with Crippen LogP contribution in [0.1, 0.15) is 64.0 Å². The van der Waals surface area contributed by atoms with Crippen LogP contribution >= 0.6 is 0 Å². The average Bonchev–Trinajstić information content (AvgIpc) is 2.54. The van der Waals surface area contributed by atoms with E-state index < -0.39 is 5.97 Å². The number of carbonyl (C=O) groups excluding carboxylic acids is 1. The largest absolute Gasteiger partial charge is 0.550 e. The van der Waals surface area contributed by atoms with Gasteiger partial charge in [-0.1, -0.05) is 63.4 Å². The standard InChI is InChI=1S/C14H24NO.C8H16O2/c1-5-14(16)11-15(3,4)10-13-8-6-7-12(2)9-13;1-3-5-6-7(4-2)8(9)10/h6-9,14,16H,5,10-11H2,1-4H3;7H,3-6H2,1-2H3,(H,9,10)/q+1;/p-1. The number of carboxylic acid groups (broad SMARTS) is 1. The predicted molar refractivity (Wildman–Crippen MR) is 106 cm³/mol. The molecular weight excluding hydrogens is 326 g/mol. The monoisotopic (exact) mass is 365 g/mol. The lowest BCUT2D eigenvalue weighted by Gasteiger charge is -2.31. The molecule has 2 atom stereocenters. The van der Waals surface area contributed by atoms with Crippen LogP contribution in [0.5, 0.6) is 0 Å². The maximum Gasteiger partial charge on any atom is 0.105 e. The first-order valence-corrected chi connectivity index (χ1v) is 9.91. The molecule has 0 amide bonds. The summed E-state index contributed by atoms with van der Waals surface area (Å²) in [6, 6.07) is 8.59. The van der Waals surface area contributed by atoms with Crippen LogP contribution < -0.4 is 5.11 Å². The first-order valence-electron chi connectivity index (χ1n) is 9.91. The zero-order chi connectivity index (χ0) is 20.2. The molecule has 0 aliphatic carbocycles. The van der Waals surface area contributed by atoms with Crippen molar-refractivity contribution in [2.24, 2.45) is 5.92 Å². The Morgan fingerprint density at radius 1 is 1.19 bits per heavy atom. The molecule has 0 radical (unpaired) electrons. The number of rotatable bonds is 10. The SMILES string of the molecule is CCC(O)C[N+](C)(C)Cc1cccc(C)c1.CCCCC(CC)C(=O)[O-]. The van der Waals surface area contributed by atoms with Crippen molar-refractivity contribution < 1.29 is 19.5 Å². The average molecular weight is 366 g/mol. The third-order valence-corrected chi connectivity index (χ3v) is 4.60. The third-order valence-electron chi connectivity index (χ3n) is 4.60. The highest BCUT2D eigenvalue weighted by atomic mass is 16.4. The van der Waals surface area contributed by atoms with Crippen LogP contribution in [0, 0.1) is 12.8 Å². The van der Waals surface area contributed by atoms with E-state index in [9.17, 15) is 15.0 Å². The van der Waals surface area contributed by atoms with Crippen LogP contribution in [-0.4, -0.2) is 42.3 Å². The molecule has 150 valence electrons. The second-order valence-corrected chi connectivity index (χ2v) is 7.89. The number of carbonyl (C=O) groups is 1. The normalized spacial score (nSPS) is 13.5. The fourth-order valence-corrected chi connectivity index (χ4v) is 3.01. The van der Waals surface area contributed by atoms with Gasteiger partial charge in [0.05, 0.1) is 14.1 Å². The summed E-state index contributed by atoms with van der Waals surface area (Å²) in [4.78, 5) is 10.3. The van der Waals surface area contributed by atoms with E-state index in [1.165, 1.54) is 11.1 Å². The molecule has 0 bridgehead atoms. The second kappa shape index (κ2) is 12.9. The zero-order valence-electron chi connectivity index (χ0n) is 17.6. The van der Waals surface area contributed by atoms with E-state index in [0.717, 1.165) is 43.3 Å². The fraction of sp³-hybridized carbons (Fsp3) is 0.682. The van der Waals surface area contributed by atoms with Crippen LogP contribution in [0.2, 0.25) is 0 Å². The minimum absolute atomic E-state index is 0.195. The Morgan fingerprint density at radius 2 is 1.85 bits per heavy atom. The van der Waals surface area contributed by atoms with E-state index in [-0.39, 0.29) is 12.0 Å². The molecule has 26 heavy (non-hydrogen) atoms. The minimum Gasteiger partial charge on any atom is -0.550 e. The van der Waals surface area contributed by atoms with Gasteiger partial charge in [0.2, 0.25) is 0 Å². The van der Waals surface area contributed by atoms with Gasteiger partial charge in [0.25, 0.3) is 0 Å². The second-order valence-electron chi connectivity index (χ2n) is 7.89. The van der Waals surface area contributed by atoms with Crippen LogP contribution in [0.25, 0.3) is 0 Å². The lowest BCUT2D eigenvalue weighted by molar-refractivity contribution is -0.906. The number of unbranched alkanes of at least 4 members (excludes halogenated alkanes) is 1. The number of aliphatic hydroxyl groups is 1. The first-order chi connectivity index (χ1) is 12.1. The molecule has 0 aromatic heterocycles. The Kier molecular flexibility index (Phi) is 12.2. The van der Waals surface area contributed by atoms with Crippen molar-refractivity contribution in [3.8, 4) is 0 Å². The summed E-state index contributed by atoms with van der Waals surface area (Å²) in [7, 11) is 4.34. The van der Waals surface area contributed by atoms with Crippen LogP contribution in [-0.2, 0) is 11.3 Å². The highest BCUT2D eigenvalue weighted by Gasteiger charge is 2.19. The number of nitrogens with zero attached hydrogens (tertiary/aromatic N) is 1. The predicted octanol–water partition coefficient (Wildman–Crippen LogP) is 3.30. The summed E-state index contributed by atoms with van der Waals surface area (Å²) < 4.78 is 0.832. The molecule has 1 aromatic rings. The summed E-state index contributed by atoms with van der Waals surface area (Å²) in [6.07, 6.45) is 4.16. The van der Waals surface area contributed by atoms with Crippen LogP contribution in [0.3, 0.4) is 0 Å². The van der Waals surface area contributed by atoms with Crippen LogP contribution in [0.15, 0.2) is 24.3 Å². The van der Waals surface area contributed by atoms with E-state index >= 15 is 0 Å². The number of hydrogen-bond donors (Lipinski definition) is 1. The molecule has 2 unspecified atom stereocenters. The molecule has 4 nitrogen and oxygen atoms in total. The fourth-order valence-electron chi connectivity index (χ4n) is 3.01. The summed E-state index contributed by atoms with van der Waals surface area (Å²) in [5.74, 6) is -1.11. The van der Waals surface area contributed by atoms with E-state index in [0.29, 0.717) is 6.42 Å². The Hall–Kier alpha value is -1.39. The first kappa shape index (κ1) is 24.6. The van der Waals surface area contributed by atoms with Crippen LogP contribution in [0.4, 0.5) is 0 Å². The Morgan fingerprint density at radius 3 is 2.31 bits per heavy atom. The number of likely N-dealkylation sites (N-methyl/N-ethyl adjacent to an activating group) is 1. The van der Waals surface area contributed by atoms with Gasteiger partial charge < -0.3 is 19.5 Å². The van der Waals surface area contributed by atoms with Gasteiger partial charge in [0, 0.05) is 11.5 Å². The number of aliphatic hydroxyl groups excluding tert-OH is 1. The molecule has 0 saturated carbocycles. The van der Waals surface area contributed by atoms with E-state index in [4.69, 9.17) is 0 Å². The zero-order valence-corrected chi connectivity index (χ0v) is 17.6. The molecule has 0 heterocycles. The molecule has 0 aliphatic heterocycles. The number of aliphatic carboxylic acids is 1. The highest BCUT2D eigenvalue weighted by molar-refractivity contribution is 5.67. The Balaban J connectivity index is 0.000000541. The van der Waals surface area contributed by atoms with Crippen molar-refractivity contribution in [1.82, 2.24) is 0 Å². The van der Waals surface area contributed by atoms with Crippen molar-refractivity contribution in [3.63, 3.8) is 0 Å². The van der Waals surface area contributed by atoms with E-state index in [1.54, 1.807) is 0 Å². The highest BCUT2D eigenvalue weighted by Crippen LogP contribution is 2.13. The summed E-state index contributed by atoms with van der Waals surface area (Å²) in [5.41, 5.74) is 2.64. The Bertz CT molecular complexity index is 514. The van der Waals surface area contributed by atoms with Crippen molar-refractivity contribution in [1.29, 1.82) is 0 Å². The van der Waals surface area contributed by atoms with Gasteiger partial charge in [-0.25, -0.2) is 0 Å². The van der Waals surface area contributed by atoms with E-state index in [2.05, 4.69) is 52.2 Å². The maximum atomic E-state index is 10.3. The van der Waals surface area contributed by atoms with Crippen molar-refractivity contribution in [2.75, 3.05) is 20.6 Å². The van der Waals surface area contributed by atoms with Gasteiger partial charge in [-0.15, -0.1) is 0 Å². The smallest absolute Gasteiger partial charge is 0.105 e. The summed E-state index contributed by atoms with van der Waals surface area (Å²) >= 11 is 0. The molecule has 1 aromatic carbocycles. The van der Waals surface area contributed by atoms with Gasteiger partial charge in [-0.3, -0.25) is 0 Å². The van der Waals surface area contributed by atoms with Gasteiger partial charge in [0.1, 0.15) is 19.2 Å². The maximum absolute atomic E-state index is 10.3. The van der Waals surface area contributed by atoms with Gasteiger partial charge in [-0.05, 0) is 32.1 Å². The van der Waals surface area contributed by atoms with Gasteiger partial charge >= 0.3 is 0 Å². The molecule has 0 fully saturated rings. The molecular formula is C22H39NO3. The van der Waals surface area contributed by atoms with Crippen molar-refractivity contribution in [3.05, 3.63) is 35.4 Å². The van der Waals surface area contributed by atoms with Crippen molar-refractivity contribution in [2.45, 2.75) is 72.4 Å². The summed E-state index contributed by atoms with van der Waals surface area (Å²) in [6.45, 7) is 9.86. The summed E-state index contributed by atoms with van der Waals surface area (Å²) in [5, 5.41) is 20.0.